The number of carbonyl (C=O) groups excluding carboxylic acids is 1. The molecule has 166 valence electrons. The average Bonchev–Trinajstić information content (AvgIpc) is 3.21. The monoisotopic (exact) mass is 462 g/mol. The molecule has 1 aromatic heterocycles. The zero-order valence-electron chi connectivity index (χ0n) is 17.6. The number of rotatable bonds is 5. The molecule has 0 saturated heterocycles. The molecule has 0 atom stereocenters. The molecule has 1 amide bonds. The zero-order chi connectivity index (χ0) is 23.5. The lowest BCUT2D eigenvalue weighted by molar-refractivity contribution is -0.385. The summed E-state index contributed by atoms with van der Waals surface area (Å²) >= 11 is 5.24. The van der Waals surface area contributed by atoms with E-state index >= 15 is 0 Å². The molecule has 0 aliphatic carbocycles. The Kier molecular flexibility index (Phi) is 5.96. The third-order valence-electron chi connectivity index (χ3n) is 4.85. The quantitative estimate of drug-likeness (QED) is 0.261. The van der Waals surface area contributed by atoms with E-state index in [4.69, 9.17) is 17.0 Å². The van der Waals surface area contributed by atoms with Gasteiger partial charge in [-0.3, -0.25) is 20.2 Å². The van der Waals surface area contributed by atoms with Crippen LogP contribution in [0.15, 0.2) is 60.7 Å². The number of aromatic nitrogens is 3. The normalized spacial score (nSPS) is 10.6. The Morgan fingerprint density at radius 3 is 2.42 bits per heavy atom. The zero-order valence-corrected chi connectivity index (χ0v) is 18.4. The van der Waals surface area contributed by atoms with Crippen molar-refractivity contribution in [3.8, 4) is 11.4 Å². The fourth-order valence-corrected chi connectivity index (χ4v) is 3.39. The van der Waals surface area contributed by atoms with Crippen LogP contribution in [-0.2, 0) is 0 Å². The number of ether oxygens (including phenoxy) is 1. The number of nitro benzene ring substituents is 1. The SMILES string of the molecule is COc1ccc(-n2nc3cc(C)c(NC(=S)NC(=O)c4ccccc4[N+](=O)[O-])cc3n2)cc1. The highest BCUT2D eigenvalue weighted by molar-refractivity contribution is 7.80. The van der Waals surface area contributed by atoms with Gasteiger partial charge in [0.25, 0.3) is 11.6 Å². The maximum Gasteiger partial charge on any atom is 0.282 e. The van der Waals surface area contributed by atoms with Crippen molar-refractivity contribution in [3.05, 3.63) is 81.9 Å². The molecule has 0 spiro atoms. The largest absolute Gasteiger partial charge is 0.497 e. The van der Waals surface area contributed by atoms with Crippen LogP contribution >= 0.6 is 12.2 Å². The minimum atomic E-state index is -0.677. The van der Waals surface area contributed by atoms with Gasteiger partial charge in [0.15, 0.2) is 5.11 Å². The second kappa shape index (κ2) is 9.01. The number of para-hydroxylation sites is 1. The van der Waals surface area contributed by atoms with Crippen molar-refractivity contribution in [2.24, 2.45) is 0 Å². The van der Waals surface area contributed by atoms with E-state index in [1.54, 1.807) is 19.2 Å². The summed E-state index contributed by atoms with van der Waals surface area (Å²) in [4.78, 5) is 24.6. The second-order valence-electron chi connectivity index (χ2n) is 7.03. The van der Waals surface area contributed by atoms with Crippen molar-refractivity contribution < 1.29 is 14.5 Å². The van der Waals surface area contributed by atoms with Crippen LogP contribution in [0.1, 0.15) is 15.9 Å². The number of nitro groups is 1. The van der Waals surface area contributed by atoms with Crippen molar-refractivity contribution in [2.75, 3.05) is 12.4 Å². The summed E-state index contributed by atoms with van der Waals surface area (Å²) in [5, 5.41) is 25.6. The number of thiocarbonyl (C=S) groups is 1. The van der Waals surface area contributed by atoms with E-state index in [0.29, 0.717) is 16.7 Å². The fourth-order valence-electron chi connectivity index (χ4n) is 3.18. The van der Waals surface area contributed by atoms with Gasteiger partial charge >= 0.3 is 0 Å². The molecular formula is C22H18N6O4S. The van der Waals surface area contributed by atoms with Crippen molar-refractivity contribution >= 4 is 45.6 Å². The molecule has 0 fully saturated rings. The van der Waals surface area contributed by atoms with Crippen molar-refractivity contribution in [2.45, 2.75) is 6.92 Å². The summed E-state index contributed by atoms with van der Waals surface area (Å²) in [5.74, 6) is 0.0539. The van der Waals surface area contributed by atoms with Crippen LogP contribution in [0.4, 0.5) is 11.4 Å². The predicted molar refractivity (Wildman–Crippen MR) is 127 cm³/mol. The third kappa shape index (κ3) is 4.62. The maximum absolute atomic E-state index is 12.5. The van der Waals surface area contributed by atoms with Gasteiger partial charge in [-0.15, -0.1) is 10.2 Å². The van der Waals surface area contributed by atoms with E-state index in [9.17, 15) is 14.9 Å². The van der Waals surface area contributed by atoms with Crippen LogP contribution in [-0.4, -0.2) is 38.0 Å². The van der Waals surface area contributed by atoms with Crippen LogP contribution in [0.2, 0.25) is 0 Å². The van der Waals surface area contributed by atoms with Crippen LogP contribution < -0.4 is 15.4 Å². The summed E-state index contributed by atoms with van der Waals surface area (Å²) in [6.07, 6.45) is 0. The Labute approximate surface area is 193 Å². The molecule has 3 aromatic carbocycles. The number of benzene rings is 3. The minimum absolute atomic E-state index is 0.00291. The van der Waals surface area contributed by atoms with Gasteiger partial charge in [0, 0.05) is 11.8 Å². The Bertz CT molecular complexity index is 1380. The summed E-state index contributed by atoms with van der Waals surface area (Å²) in [6.45, 7) is 1.86. The number of aryl methyl sites for hydroxylation is 1. The molecule has 0 aliphatic heterocycles. The second-order valence-corrected chi connectivity index (χ2v) is 7.43. The van der Waals surface area contributed by atoms with Crippen molar-refractivity contribution in [3.63, 3.8) is 0 Å². The van der Waals surface area contributed by atoms with Gasteiger partial charge in [-0.1, -0.05) is 12.1 Å². The van der Waals surface area contributed by atoms with Crippen LogP contribution in [0.25, 0.3) is 16.7 Å². The van der Waals surface area contributed by atoms with Crippen LogP contribution in [0, 0.1) is 17.0 Å². The van der Waals surface area contributed by atoms with Gasteiger partial charge in [-0.05, 0) is 67.2 Å². The molecule has 1 heterocycles. The first-order valence-corrected chi connectivity index (χ1v) is 10.1. The van der Waals surface area contributed by atoms with Gasteiger partial charge in [0.2, 0.25) is 0 Å². The molecule has 11 heteroatoms. The smallest absolute Gasteiger partial charge is 0.282 e. The van der Waals surface area contributed by atoms with Crippen LogP contribution in [0.5, 0.6) is 5.75 Å². The first kappa shape index (κ1) is 21.8. The predicted octanol–water partition coefficient (Wildman–Crippen LogP) is 3.77. The molecule has 2 N–H and O–H groups in total. The highest BCUT2D eigenvalue weighted by Crippen LogP contribution is 2.23. The van der Waals surface area contributed by atoms with E-state index in [1.807, 2.05) is 37.3 Å². The number of anilines is 1. The molecule has 4 aromatic rings. The maximum atomic E-state index is 12.5. The lowest BCUT2D eigenvalue weighted by Gasteiger charge is -2.11. The van der Waals surface area contributed by atoms with Crippen molar-refractivity contribution in [1.29, 1.82) is 0 Å². The highest BCUT2D eigenvalue weighted by atomic mass is 32.1. The minimum Gasteiger partial charge on any atom is -0.497 e. The first-order valence-electron chi connectivity index (χ1n) is 9.73. The van der Waals surface area contributed by atoms with Gasteiger partial charge in [-0.2, -0.15) is 4.80 Å². The Hall–Kier alpha value is -4.38. The van der Waals surface area contributed by atoms with Gasteiger partial charge in [0.05, 0.1) is 17.7 Å². The summed E-state index contributed by atoms with van der Waals surface area (Å²) < 4.78 is 5.17. The number of fused-ring (bicyclic) bond motifs is 1. The van der Waals surface area contributed by atoms with Crippen molar-refractivity contribution in [1.82, 2.24) is 20.3 Å². The molecule has 10 nitrogen and oxygen atoms in total. The van der Waals surface area contributed by atoms with Gasteiger partial charge in [0.1, 0.15) is 22.3 Å². The summed E-state index contributed by atoms with van der Waals surface area (Å²) in [6, 6.07) is 16.6. The van der Waals surface area contributed by atoms with E-state index in [2.05, 4.69) is 20.8 Å². The molecule has 0 unspecified atom stereocenters. The molecule has 33 heavy (non-hydrogen) atoms. The van der Waals surface area contributed by atoms with E-state index in [0.717, 1.165) is 17.0 Å². The number of nitrogens with zero attached hydrogens (tertiary/aromatic N) is 4. The number of nitrogens with one attached hydrogen (secondary N) is 2. The molecule has 4 rings (SSSR count). The molecular weight excluding hydrogens is 444 g/mol. The van der Waals surface area contributed by atoms with E-state index in [-0.39, 0.29) is 16.4 Å². The number of hydrogen-bond donors (Lipinski definition) is 2. The fraction of sp³-hybridized carbons (Fsp3) is 0.0909. The van der Waals surface area contributed by atoms with Gasteiger partial charge < -0.3 is 10.1 Å². The third-order valence-corrected chi connectivity index (χ3v) is 5.05. The number of methoxy groups -OCH3 is 1. The molecule has 0 saturated carbocycles. The van der Waals surface area contributed by atoms with E-state index in [1.165, 1.54) is 23.0 Å². The Balaban J connectivity index is 1.53. The molecule has 0 aliphatic rings. The Morgan fingerprint density at radius 2 is 1.76 bits per heavy atom. The number of carbonyl (C=O) groups is 1. The average molecular weight is 462 g/mol. The van der Waals surface area contributed by atoms with Crippen LogP contribution in [0.3, 0.4) is 0 Å². The van der Waals surface area contributed by atoms with E-state index < -0.39 is 10.8 Å². The molecule has 0 radical (unpaired) electrons. The lowest BCUT2D eigenvalue weighted by Crippen LogP contribution is -2.34. The van der Waals surface area contributed by atoms with Gasteiger partial charge in [-0.25, -0.2) is 0 Å². The summed E-state index contributed by atoms with van der Waals surface area (Å²) in [7, 11) is 1.60. The Morgan fingerprint density at radius 1 is 1.09 bits per heavy atom. The standard InChI is InChI=1S/C22H18N6O4S/c1-13-11-18-19(26-27(25-18)14-7-9-15(32-2)10-8-14)12-17(13)23-22(33)24-21(29)16-5-3-4-6-20(16)28(30)31/h3-12H,1-2H3,(H2,23,24,29,33). The first-order chi connectivity index (χ1) is 15.9. The highest BCUT2D eigenvalue weighted by Gasteiger charge is 2.20. The topological polar surface area (TPSA) is 124 Å². The number of hydrogen-bond acceptors (Lipinski definition) is 7. The number of amides is 1. The summed E-state index contributed by atoms with van der Waals surface area (Å²) in [5.41, 5.74) is 3.14. The lowest BCUT2D eigenvalue weighted by atomic mass is 10.1. The molecule has 0 bridgehead atoms.